The van der Waals surface area contributed by atoms with Gasteiger partial charge in [-0.25, -0.2) is 4.98 Å². The molecule has 0 saturated carbocycles. The first-order valence-electron chi connectivity index (χ1n) is 4.79. The number of nitrogens with one attached hydrogen (secondary N) is 2. The average molecular weight is 321 g/mol. The molecule has 1 heterocycles. The average Bonchev–Trinajstić information content (AvgIpc) is 2.30. The van der Waals surface area contributed by atoms with Crippen molar-refractivity contribution in [3.05, 3.63) is 27.5 Å². The van der Waals surface area contributed by atoms with Crippen molar-refractivity contribution in [2.75, 3.05) is 7.05 Å². The summed E-state index contributed by atoms with van der Waals surface area (Å²) in [5.74, 6) is -0.725. The summed E-state index contributed by atoms with van der Waals surface area (Å²) in [5.41, 5.74) is 0.219. The molecule has 0 fully saturated rings. The topological polar surface area (TPSA) is 71.1 Å². The second kappa shape index (κ2) is 5.97. The summed E-state index contributed by atoms with van der Waals surface area (Å²) in [5, 5.41) is 5.05. The first-order valence-corrected chi connectivity index (χ1v) is 5.96. The highest BCUT2D eigenvalue weighted by Gasteiger charge is 2.17. The van der Waals surface area contributed by atoms with Crippen LogP contribution >= 0.6 is 27.5 Å². The molecule has 0 radical (unpaired) electrons. The molecule has 0 aliphatic rings. The third-order valence-electron chi connectivity index (χ3n) is 2.04. The van der Waals surface area contributed by atoms with Crippen LogP contribution in [-0.4, -0.2) is 29.9 Å². The van der Waals surface area contributed by atoms with Crippen LogP contribution in [0, 0.1) is 0 Å². The molecule has 0 saturated heterocycles. The van der Waals surface area contributed by atoms with Gasteiger partial charge in [-0.1, -0.05) is 11.6 Å². The highest BCUT2D eigenvalue weighted by molar-refractivity contribution is 9.10. The molecular weight excluding hydrogens is 309 g/mol. The van der Waals surface area contributed by atoms with Crippen LogP contribution < -0.4 is 10.6 Å². The second-order valence-electron chi connectivity index (χ2n) is 3.30. The summed E-state index contributed by atoms with van der Waals surface area (Å²) in [6, 6.07) is 0.906. The standard InChI is InChI=1S/C10H11BrClN3O2/c1-5(9(16)13-2)15-10(17)7-3-6(11)4-14-8(7)12/h3-5H,1-2H3,(H,13,16)(H,15,17). The molecule has 7 heteroatoms. The van der Waals surface area contributed by atoms with Gasteiger partial charge < -0.3 is 10.6 Å². The number of carbonyl (C=O) groups is 2. The monoisotopic (exact) mass is 319 g/mol. The van der Waals surface area contributed by atoms with Gasteiger partial charge in [0.05, 0.1) is 5.56 Å². The SMILES string of the molecule is CNC(=O)C(C)NC(=O)c1cc(Br)cnc1Cl. The van der Waals surface area contributed by atoms with Crippen molar-refractivity contribution in [1.29, 1.82) is 0 Å². The van der Waals surface area contributed by atoms with Gasteiger partial charge in [0.2, 0.25) is 5.91 Å². The Kier molecular flexibility index (Phi) is 4.89. The molecule has 92 valence electrons. The molecular formula is C10H11BrClN3O2. The van der Waals surface area contributed by atoms with Gasteiger partial charge in [-0.05, 0) is 28.9 Å². The summed E-state index contributed by atoms with van der Waals surface area (Å²) in [4.78, 5) is 26.9. The van der Waals surface area contributed by atoms with E-state index >= 15 is 0 Å². The number of amides is 2. The molecule has 1 aromatic rings. The van der Waals surface area contributed by atoms with E-state index in [1.807, 2.05) is 0 Å². The van der Waals surface area contributed by atoms with Crippen LogP contribution in [0.1, 0.15) is 17.3 Å². The predicted molar refractivity (Wildman–Crippen MR) is 67.9 cm³/mol. The van der Waals surface area contributed by atoms with E-state index in [9.17, 15) is 9.59 Å². The maximum atomic E-state index is 11.8. The number of hydrogen-bond acceptors (Lipinski definition) is 3. The zero-order valence-corrected chi connectivity index (χ0v) is 11.6. The first kappa shape index (κ1) is 13.9. The quantitative estimate of drug-likeness (QED) is 0.826. The molecule has 1 aromatic heterocycles. The molecule has 5 nitrogen and oxygen atoms in total. The molecule has 0 bridgehead atoms. The van der Waals surface area contributed by atoms with Gasteiger partial charge in [0.15, 0.2) is 0 Å². The van der Waals surface area contributed by atoms with Crippen molar-refractivity contribution < 1.29 is 9.59 Å². The number of halogens is 2. The Labute approximate surface area is 112 Å². The van der Waals surface area contributed by atoms with Gasteiger partial charge in [0.25, 0.3) is 5.91 Å². The van der Waals surface area contributed by atoms with Crippen molar-refractivity contribution in [3.63, 3.8) is 0 Å². The molecule has 0 aromatic carbocycles. The zero-order chi connectivity index (χ0) is 13.0. The number of aromatic nitrogens is 1. The number of likely N-dealkylation sites (N-methyl/N-ethyl adjacent to an activating group) is 1. The van der Waals surface area contributed by atoms with Gasteiger partial charge in [-0.15, -0.1) is 0 Å². The van der Waals surface area contributed by atoms with E-state index in [-0.39, 0.29) is 16.6 Å². The minimum absolute atomic E-state index is 0.0924. The highest BCUT2D eigenvalue weighted by atomic mass is 79.9. The van der Waals surface area contributed by atoms with Crippen LogP contribution in [0.15, 0.2) is 16.7 Å². The van der Waals surface area contributed by atoms with Gasteiger partial charge in [0.1, 0.15) is 11.2 Å². The number of pyridine rings is 1. The van der Waals surface area contributed by atoms with Gasteiger partial charge in [-0.2, -0.15) is 0 Å². The molecule has 0 aliphatic heterocycles. The normalized spacial score (nSPS) is 11.8. The summed E-state index contributed by atoms with van der Waals surface area (Å²) in [6.07, 6.45) is 1.49. The summed E-state index contributed by atoms with van der Waals surface area (Å²) in [7, 11) is 1.50. The lowest BCUT2D eigenvalue weighted by molar-refractivity contribution is -0.122. The number of nitrogens with zero attached hydrogens (tertiary/aromatic N) is 1. The smallest absolute Gasteiger partial charge is 0.255 e. The van der Waals surface area contributed by atoms with E-state index in [0.29, 0.717) is 4.47 Å². The van der Waals surface area contributed by atoms with Crippen LogP contribution in [0.2, 0.25) is 5.15 Å². The van der Waals surface area contributed by atoms with Crippen LogP contribution in [-0.2, 0) is 4.79 Å². The van der Waals surface area contributed by atoms with Gasteiger partial charge in [0, 0.05) is 17.7 Å². The van der Waals surface area contributed by atoms with Crippen LogP contribution in [0.25, 0.3) is 0 Å². The molecule has 17 heavy (non-hydrogen) atoms. The van der Waals surface area contributed by atoms with E-state index in [4.69, 9.17) is 11.6 Å². The van der Waals surface area contributed by atoms with E-state index in [0.717, 1.165) is 0 Å². The van der Waals surface area contributed by atoms with Crippen molar-refractivity contribution in [1.82, 2.24) is 15.6 Å². The van der Waals surface area contributed by atoms with E-state index in [2.05, 4.69) is 31.5 Å². The minimum Gasteiger partial charge on any atom is -0.357 e. The zero-order valence-electron chi connectivity index (χ0n) is 9.25. The number of rotatable bonds is 3. The molecule has 0 aliphatic carbocycles. The molecule has 1 atom stereocenters. The van der Waals surface area contributed by atoms with Crippen molar-refractivity contribution in [3.8, 4) is 0 Å². The lowest BCUT2D eigenvalue weighted by Crippen LogP contribution is -2.43. The van der Waals surface area contributed by atoms with Crippen LogP contribution in [0.4, 0.5) is 0 Å². The maximum absolute atomic E-state index is 11.8. The summed E-state index contributed by atoms with van der Waals surface area (Å²) >= 11 is 8.99. The van der Waals surface area contributed by atoms with Gasteiger partial charge >= 0.3 is 0 Å². The predicted octanol–water partition coefficient (Wildman–Crippen LogP) is 1.36. The van der Waals surface area contributed by atoms with E-state index in [1.165, 1.54) is 13.2 Å². The van der Waals surface area contributed by atoms with Crippen LogP contribution in [0.3, 0.4) is 0 Å². The fourth-order valence-corrected chi connectivity index (χ4v) is 1.66. The van der Waals surface area contributed by atoms with Crippen molar-refractivity contribution in [2.45, 2.75) is 13.0 Å². The second-order valence-corrected chi connectivity index (χ2v) is 4.57. The third-order valence-corrected chi connectivity index (χ3v) is 2.77. The summed E-state index contributed by atoms with van der Waals surface area (Å²) in [6.45, 7) is 1.58. The lowest BCUT2D eigenvalue weighted by atomic mass is 10.2. The van der Waals surface area contributed by atoms with E-state index in [1.54, 1.807) is 13.0 Å². The molecule has 1 unspecified atom stereocenters. The number of hydrogen-bond donors (Lipinski definition) is 2. The molecule has 2 amide bonds. The minimum atomic E-state index is -0.637. The Morgan fingerprint density at radius 1 is 1.53 bits per heavy atom. The Balaban J connectivity index is 2.83. The molecule has 0 spiro atoms. The Morgan fingerprint density at radius 2 is 2.18 bits per heavy atom. The first-order chi connectivity index (χ1) is 7.95. The Hall–Kier alpha value is -1.14. The van der Waals surface area contributed by atoms with E-state index < -0.39 is 11.9 Å². The number of carbonyl (C=O) groups excluding carboxylic acids is 2. The van der Waals surface area contributed by atoms with Crippen molar-refractivity contribution in [2.24, 2.45) is 0 Å². The highest BCUT2D eigenvalue weighted by Crippen LogP contribution is 2.17. The maximum Gasteiger partial charge on any atom is 0.255 e. The van der Waals surface area contributed by atoms with Gasteiger partial charge in [-0.3, -0.25) is 9.59 Å². The largest absolute Gasteiger partial charge is 0.357 e. The van der Waals surface area contributed by atoms with Crippen molar-refractivity contribution >= 4 is 39.3 Å². The fourth-order valence-electron chi connectivity index (χ4n) is 1.14. The Morgan fingerprint density at radius 3 is 2.76 bits per heavy atom. The molecule has 1 rings (SSSR count). The lowest BCUT2D eigenvalue weighted by Gasteiger charge is -2.12. The fraction of sp³-hybridized carbons (Fsp3) is 0.300. The summed E-state index contributed by atoms with van der Waals surface area (Å²) < 4.78 is 0.639. The Bertz CT molecular complexity index is 453. The molecule has 2 N–H and O–H groups in total. The third kappa shape index (κ3) is 3.67. The van der Waals surface area contributed by atoms with Crippen LogP contribution in [0.5, 0.6) is 0 Å².